The number of rotatable bonds is 4. The molecule has 0 fully saturated rings. The summed E-state index contributed by atoms with van der Waals surface area (Å²) in [4.78, 5) is 16.1. The van der Waals surface area contributed by atoms with E-state index < -0.39 is 0 Å². The van der Waals surface area contributed by atoms with Crippen molar-refractivity contribution in [3.8, 4) is 0 Å². The molecule has 22 heavy (non-hydrogen) atoms. The summed E-state index contributed by atoms with van der Waals surface area (Å²) in [5, 5.41) is 12.2. The molecule has 2 rings (SSSR count). The Morgan fingerprint density at radius 1 is 1.36 bits per heavy atom. The lowest BCUT2D eigenvalue weighted by atomic mass is 9.86. The van der Waals surface area contributed by atoms with Gasteiger partial charge in [0.15, 0.2) is 5.13 Å². The van der Waals surface area contributed by atoms with Crippen LogP contribution in [0.3, 0.4) is 0 Å². The van der Waals surface area contributed by atoms with Gasteiger partial charge in [-0.05, 0) is 17.7 Å². The molecule has 0 bridgehead atoms. The molecule has 0 radical (unpaired) electrons. The molecule has 1 unspecified atom stereocenters. The number of nitrogens with zero attached hydrogens (tertiary/aromatic N) is 2. The number of nitro groups is 1. The smallest absolute Gasteiger partial charge is 0.215 e. The van der Waals surface area contributed by atoms with E-state index in [1.54, 1.807) is 12.1 Å². The second-order valence-corrected chi connectivity index (χ2v) is 7.63. The number of nitrogen functional groups attached to an aromatic ring is 1. The number of hydrogen-bond donors (Lipinski definition) is 1. The molecule has 0 amide bonds. The molecule has 7 heteroatoms. The minimum Gasteiger partial charge on any atom is -0.375 e. The van der Waals surface area contributed by atoms with Crippen molar-refractivity contribution in [2.75, 3.05) is 12.3 Å². The third-order valence-electron chi connectivity index (χ3n) is 3.30. The standard InChI is InChI=1S/C15H18ClN3O2S/c1-15(2,3)13-12(22-14(17)18-13)11(8-19(20)21)9-4-6-10(16)7-5-9/h4-7,11H,8H2,1-3H3,(H2,17,18). The van der Waals surface area contributed by atoms with E-state index in [0.717, 1.165) is 16.1 Å². The van der Waals surface area contributed by atoms with Gasteiger partial charge < -0.3 is 5.73 Å². The van der Waals surface area contributed by atoms with E-state index in [9.17, 15) is 10.1 Å². The van der Waals surface area contributed by atoms with Crippen molar-refractivity contribution in [2.24, 2.45) is 0 Å². The predicted octanol–water partition coefficient (Wildman–Crippen LogP) is 4.08. The topological polar surface area (TPSA) is 82.0 Å². The average Bonchev–Trinajstić information content (AvgIpc) is 2.79. The van der Waals surface area contributed by atoms with Gasteiger partial charge >= 0.3 is 0 Å². The molecule has 0 saturated carbocycles. The molecule has 1 atom stereocenters. The number of nitrogens with two attached hydrogens (primary N) is 1. The fourth-order valence-electron chi connectivity index (χ4n) is 2.31. The lowest BCUT2D eigenvalue weighted by molar-refractivity contribution is -0.481. The Kier molecular flexibility index (Phi) is 4.72. The third kappa shape index (κ3) is 3.75. The zero-order valence-corrected chi connectivity index (χ0v) is 14.2. The summed E-state index contributed by atoms with van der Waals surface area (Å²) in [6.07, 6.45) is 0. The first-order valence-electron chi connectivity index (χ1n) is 6.82. The minimum atomic E-state index is -0.378. The predicted molar refractivity (Wildman–Crippen MR) is 90.4 cm³/mol. The zero-order chi connectivity index (χ0) is 16.5. The van der Waals surface area contributed by atoms with E-state index in [-0.39, 0.29) is 22.8 Å². The number of anilines is 1. The Labute approximate surface area is 138 Å². The van der Waals surface area contributed by atoms with Crippen LogP contribution in [0.15, 0.2) is 24.3 Å². The normalized spacial score (nSPS) is 13.1. The molecule has 0 saturated heterocycles. The van der Waals surface area contributed by atoms with Crippen LogP contribution in [0.5, 0.6) is 0 Å². The van der Waals surface area contributed by atoms with Gasteiger partial charge in [0.25, 0.3) is 0 Å². The van der Waals surface area contributed by atoms with Gasteiger partial charge in [0.1, 0.15) is 0 Å². The number of hydrogen-bond acceptors (Lipinski definition) is 5. The summed E-state index contributed by atoms with van der Waals surface area (Å²) in [5.74, 6) is -0.378. The maximum Gasteiger partial charge on any atom is 0.215 e. The Bertz CT molecular complexity index is 677. The maximum absolute atomic E-state index is 11.1. The second-order valence-electron chi connectivity index (χ2n) is 6.13. The molecule has 1 heterocycles. The Morgan fingerprint density at radius 3 is 2.45 bits per heavy atom. The van der Waals surface area contributed by atoms with Gasteiger partial charge in [0, 0.05) is 20.2 Å². The Morgan fingerprint density at radius 2 is 1.95 bits per heavy atom. The van der Waals surface area contributed by atoms with Crippen LogP contribution in [-0.4, -0.2) is 16.5 Å². The lowest BCUT2D eigenvalue weighted by Crippen LogP contribution is -2.20. The molecule has 2 N–H and O–H groups in total. The van der Waals surface area contributed by atoms with E-state index >= 15 is 0 Å². The third-order valence-corrected chi connectivity index (χ3v) is 4.55. The van der Waals surface area contributed by atoms with Crippen LogP contribution in [0.25, 0.3) is 0 Å². The molecular formula is C15H18ClN3O2S. The highest BCUT2D eigenvalue weighted by atomic mass is 35.5. The van der Waals surface area contributed by atoms with Crippen molar-refractivity contribution >= 4 is 28.1 Å². The number of benzene rings is 1. The fraction of sp³-hybridized carbons (Fsp3) is 0.400. The van der Waals surface area contributed by atoms with Gasteiger partial charge in [0.2, 0.25) is 6.54 Å². The summed E-state index contributed by atoms with van der Waals surface area (Å²) >= 11 is 7.23. The van der Waals surface area contributed by atoms with E-state index in [0.29, 0.717) is 10.2 Å². The van der Waals surface area contributed by atoms with Crippen molar-refractivity contribution in [3.05, 3.63) is 55.5 Å². The van der Waals surface area contributed by atoms with Crippen molar-refractivity contribution in [1.29, 1.82) is 0 Å². The Balaban J connectivity index is 2.55. The van der Waals surface area contributed by atoms with E-state index in [1.807, 2.05) is 32.9 Å². The maximum atomic E-state index is 11.1. The van der Waals surface area contributed by atoms with Gasteiger partial charge in [-0.1, -0.05) is 44.5 Å². The molecule has 0 aliphatic carbocycles. The molecule has 1 aromatic carbocycles. The highest BCUT2D eigenvalue weighted by Gasteiger charge is 2.31. The average molecular weight is 340 g/mol. The Hall–Kier alpha value is -1.66. The van der Waals surface area contributed by atoms with Crippen molar-refractivity contribution in [3.63, 3.8) is 0 Å². The summed E-state index contributed by atoms with van der Waals surface area (Å²) < 4.78 is 0. The van der Waals surface area contributed by atoms with Gasteiger partial charge in [-0.2, -0.15) is 0 Å². The van der Waals surface area contributed by atoms with Crippen LogP contribution in [0.2, 0.25) is 5.02 Å². The summed E-state index contributed by atoms with van der Waals surface area (Å²) in [7, 11) is 0. The van der Waals surface area contributed by atoms with Crippen molar-refractivity contribution in [1.82, 2.24) is 4.98 Å². The van der Waals surface area contributed by atoms with Crippen LogP contribution < -0.4 is 5.73 Å². The van der Waals surface area contributed by atoms with Crippen molar-refractivity contribution < 1.29 is 4.92 Å². The van der Waals surface area contributed by atoms with Gasteiger partial charge in [-0.3, -0.25) is 10.1 Å². The molecule has 0 spiro atoms. The molecule has 5 nitrogen and oxygen atoms in total. The van der Waals surface area contributed by atoms with Crippen LogP contribution in [0.1, 0.15) is 42.8 Å². The van der Waals surface area contributed by atoms with E-state index in [2.05, 4.69) is 4.98 Å². The van der Waals surface area contributed by atoms with Gasteiger partial charge in [-0.25, -0.2) is 4.98 Å². The molecule has 1 aromatic heterocycles. The highest BCUT2D eigenvalue weighted by molar-refractivity contribution is 7.15. The van der Waals surface area contributed by atoms with Crippen LogP contribution >= 0.6 is 22.9 Å². The highest BCUT2D eigenvalue weighted by Crippen LogP contribution is 2.39. The SMILES string of the molecule is CC(C)(C)c1nc(N)sc1C(C[N+](=O)[O-])c1ccc(Cl)cc1. The van der Waals surface area contributed by atoms with Crippen LogP contribution in [0.4, 0.5) is 5.13 Å². The number of thiazole rings is 1. The van der Waals surface area contributed by atoms with E-state index in [4.69, 9.17) is 17.3 Å². The molecule has 2 aromatic rings. The first-order valence-corrected chi connectivity index (χ1v) is 8.02. The molecule has 118 valence electrons. The number of aromatic nitrogens is 1. The molecule has 0 aliphatic heterocycles. The van der Waals surface area contributed by atoms with Gasteiger partial charge in [0.05, 0.1) is 11.6 Å². The van der Waals surface area contributed by atoms with Crippen LogP contribution in [-0.2, 0) is 5.41 Å². The summed E-state index contributed by atoms with van der Waals surface area (Å²) in [6, 6.07) is 7.12. The fourth-order valence-corrected chi connectivity index (χ4v) is 3.60. The molecular weight excluding hydrogens is 322 g/mol. The lowest BCUT2D eigenvalue weighted by Gasteiger charge is -2.21. The monoisotopic (exact) mass is 339 g/mol. The first kappa shape index (κ1) is 16.7. The van der Waals surface area contributed by atoms with Crippen molar-refractivity contribution in [2.45, 2.75) is 32.1 Å². The minimum absolute atomic E-state index is 0.202. The number of halogens is 1. The first-order chi connectivity index (χ1) is 10.2. The zero-order valence-electron chi connectivity index (χ0n) is 12.7. The van der Waals surface area contributed by atoms with Gasteiger partial charge in [-0.15, -0.1) is 11.3 Å². The quantitative estimate of drug-likeness (QED) is 0.672. The van der Waals surface area contributed by atoms with Crippen LogP contribution in [0, 0.1) is 10.1 Å². The summed E-state index contributed by atoms with van der Waals surface area (Å²) in [6.45, 7) is 5.87. The second kappa shape index (κ2) is 6.22. The summed E-state index contributed by atoms with van der Waals surface area (Å²) in [5.41, 5.74) is 7.29. The largest absolute Gasteiger partial charge is 0.375 e. The van der Waals surface area contributed by atoms with E-state index in [1.165, 1.54) is 11.3 Å². The molecule has 0 aliphatic rings.